The Bertz CT molecular complexity index is 701. The molecule has 7 nitrogen and oxygen atoms in total. The molecule has 0 N–H and O–H groups in total. The van der Waals surface area contributed by atoms with Gasteiger partial charge in [-0.05, 0) is 5.56 Å². The smallest absolute Gasteiger partial charge is 0.257 e. The second-order valence-electron chi connectivity index (χ2n) is 6.28. The summed E-state index contributed by atoms with van der Waals surface area (Å²) in [4.78, 5) is 14.8. The molecule has 1 amide bonds. The summed E-state index contributed by atoms with van der Waals surface area (Å²) in [6, 6.07) is 9.04. The predicted octanol–water partition coefficient (Wildman–Crippen LogP) is 2.48. The lowest BCUT2D eigenvalue weighted by Crippen LogP contribution is -2.46. The van der Waals surface area contributed by atoms with Gasteiger partial charge in [-0.15, -0.1) is 10.2 Å². The van der Waals surface area contributed by atoms with Crippen molar-refractivity contribution in [3.63, 3.8) is 0 Å². The minimum absolute atomic E-state index is 0.131. The Hall–Kier alpha value is -2.25. The Morgan fingerprint density at radius 2 is 2.04 bits per heavy atom. The molecule has 2 atom stereocenters. The lowest BCUT2D eigenvalue weighted by molar-refractivity contribution is -0.152. The lowest BCUT2D eigenvalue weighted by atomic mass is 10.1. The summed E-state index contributed by atoms with van der Waals surface area (Å²) in [5.74, 6) is 0.955. The van der Waals surface area contributed by atoms with Crippen molar-refractivity contribution in [2.45, 2.75) is 31.9 Å². The first-order valence-corrected chi connectivity index (χ1v) is 8.41. The van der Waals surface area contributed by atoms with Gasteiger partial charge in [0.1, 0.15) is 6.04 Å². The Morgan fingerprint density at radius 1 is 1.28 bits per heavy atom. The third-order valence-corrected chi connectivity index (χ3v) is 4.21. The van der Waals surface area contributed by atoms with E-state index in [9.17, 15) is 4.79 Å². The summed E-state index contributed by atoms with van der Waals surface area (Å²) < 4.78 is 16.8. The molecule has 1 aliphatic heterocycles. The van der Waals surface area contributed by atoms with Crippen molar-refractivity contribution in [3.8, 4) is 0 Å². The average molecular weight is 345 g/mol. The Morgan fingerprint density at radius 3 is 2.68 bits per heavy atom. The van der Waals surface area contributed by atoms with Crippen LogP contribution in [0.25, 0.3) is 0 Å². The first-order chi connectivity index (χ1) is 12.1. The van der Waals surface area contributed by atoms with Gasteiger partial charge in [-0.3, -0.25) is 4.79 Å². The molecule has 2 heterocycles. The van der Waals surface area contributed by atoms with E-state index in [0.29, 0.717) is 31.5 Å². The Kier molecular flexibility index (Phi) is 5.45. The van der Waals surface area contributed by atoms with Gasteiger partial charge in [0.05, 0.1) is 13.2 Å². The first-order valence-electron chi connectivity index (χ1n) is 8.41. The molecular weight excluding hydrogens is 322 g/mol. The highest BCUT2D eigenvalue weighted by atomic mass is 16.5. The number of carbonyl (C=O) groups excluding carboxylic acids is 1. The molecule has 25 heavy (non-hydrogen) atoms. The number of nitrogens with zero attached hydrogens (tertiary/aromatic N) is 3. The van der Waals surface area contributed by atoms with E-state index < -0.39 is 12.1 Å². The maximum absolute atomic E-state index is 13.1. The number of carbonyl (C=O) groups is 1. The highest BCUT2D eigenvalue weighted by Gasteiger charge is 2.36. The zero-order chi connectivity index (χ0) is 17.8. The van der Waals surface area contributed by atoms with Gasteiger partial charge in [-0.2, -0.15) is 0 Å². The molecule has 2 aromatic rings. The third kappa shape index (κ3) is 3.72. The zero-order valence-electron chi connectivity index (χ0n) is 14.7. The monoisotopic (exact) mass is 345 g/mol. The van der Waals surface area contributed by atoms with Gasteiger partial charge in [-0.25, -0.2) is 0 Å². The van der Waals surface area contributed by atoms with Crippen LogP contribution in [-0.2, 0) is 14.3 Å². The van der Waals surface area contributed by atoms with E-state index >= 15 is 0 Å². The van der Waals surface area contributed by atoms with Gasteiger partial charge in [0.15, 0.2) is 6.10 Å². The molecule has 2 unspecified atom stereocenters. The van der Waals surface area contributed by atoms with E-state index in [1.807, 2.05) is 44.2 Å². The van der Waals surface area contributed by atoms with Crippen LogP contribution in [0.3, 0.4) is 0 Å². The summed E-state index contributed by atoms with van der Waals surface area (Å²) in [5.41, 5.74) is 0.814. The quantitative estimate of drug-likeness (QED) is 0.828. The van der Waals surface area contributed by atoms with Crippen LogP contribution < -0.4 is 0 Å². The lowest BCUT2D eigenvalue weighted by Gasteiger charge is -2.35. The van der Waals surface area contributed by atoms with E-state index in [-0.39, 0.29) is 11.8 Å². The van der Waals surface area contributed by atoms with Gasteiger partial charge in [-0.1, -0.05) is 44.2 Å². The summed E-state index contributed by atoms with van der Waals surface area (Å²) in [5, 5.41) is 8.19. The Balaban J connectivity index is 1.85. The molecule has 0 aliphatic carbocycles. The number of morpholine rings is 1. The highest BCUT2D eigenvalue weighted by molar-refractivity contribution is 5.82. The maximum atomic E-state index is 13.1. The fraction of sp³-hybridized carbons (Fsp3) is 0.500. The molecule has 134 valence electrons. The minimum Gasteiger partial charge on any atom is -0.423 e. The summed E-state index contributed by atoms with van der Waals surface area (Å²) in [6.07, 6.45) is -0.672. The predicted molar refractivity (Wildman–Crippen MR) is 89.9 cm³/mol. The van der Waals surface area contributed by atoms with Crippen molar-refractivity contribution in [1.82, 2.24) is 15.1 Å². The summed E-state index contributed by atoms with van der Waals surface area (Å²) in [7, 11) is 1.54. The van der Waals surface area contributed by atoms with Gasteiger partial charge in [0.2, 0.25) is 11.8 Å². The van der Waals surface area contributed by atoms with Crippen LogP contribution in [-0.4, -0.2) is 47.9 Å². The normalized spacial score (nSPS) is 19.2. The van der Waals surface area contributed by atoms with Gasteiger partial charge in [0.25, 0.3) is 5.91 Å². The highest BCUT2D eigenvalue weighted by Crippen LogP contribution is 2.29. The van der Waals surface area contributed by atoms with Crippen molar-refractivity contribution in [1.29, 1.82) is 0 Å². The number of rotatable bonds is 5. The maximum Gasteiger partial charge on any atom is 0.257 e. The summed E-state index contributed by atoms with van der Waals surface area (Å²) >= 11 is 0. The zero-order valence-corrected chi connectivity index (χ0v) is 14.7. The van der Waals surface area contributed by atoms with Crippen LogP contribution in [0, 0.1) is 0 Å². The van der Waals surface area contributed by atoms with Gasteiger partial charge in [0, 0.05) is 19.6 Å². The van der Waals surface area contributed by atoms with Crippen molar-refractivity contribution < 1.29 is 18.7 Å². The Labute approximate surface area is 146 Å². The summed E-state index contributed by atoms with van der Waals surface area (Å²) in [6.45, 7) is 5.22. The van der Waals surface area contributed by atoms with Crippen LogP contribution in [0.4, 0.5) is 0 Å². The van der Waals surface area contributed by atoms with E-state index in [1.54, 1.807) is 4.90 Å². The molecule has 0 radical (unpaired) electrons. The van der Waals surface area contributed by atoms with Gasteiger partial charge >= 0.3 is 0 Å². The molecule has 1 saturated heterocycles. The molecule has 0 saturated carbocycles. The molecule has 7 heteroatoms. The largest absolute Gasteiger partial charge is 0.423 e. The van der Waals surface area contributed by atoms with Crippen molar-refractivity contribution in [2.24, 2.45) is 0 Å². The van der Waals surface area contributed by atoms with Crippen LogP contribution >= 0.6 is 0 Å². The second kappa shape index (κ2) is 7.76. The van der Waals surface area contributed by atoms with E-state index in [4.69, 9.17) is 13.9 Å². The molecular formula is C18H23N3O4. The van der Waals surface area contributed by atoms with Crippen LogP contribution in [0.1, 0.15) is 49.3 Å². The van der Waals surface area contributed by atoms with E-state index in [0.717, 1.165) is 5.56 Å². The third-order valence-electron chi connectivity index (χ3n) is 4.21. The SMILES string of the molecule is COC(C(=O)N1CCOCC1c1nnc(C(C)C)o1)c1ccccc1. The number of hydrogen-bond acceptors (Lipinski definition) is 6. The fourth-order valence-electron chi connectivity index (χ4n) is 2.84. The van der Waals surface area contributed by atoms with Crippen molar-refractivity contribution in [3.05, 3.63) is 47.7 Å². The standard InChI is InChI=1S/C18H23N3O4/c1-12(2)16-19-20-17(25-16)14-11-24-10-9-21(14)18(22)15(23-3)13-7-5-4-6-8-13/h4-8,12,14-15H,9-11H2,1-3H3. The second-order valence-corrected chi connectivity index (χ2v) is 6.28. The number of hydrogen-bond donors (Lipinski definition) is 0. The molecule has 3 rings (SSSR count). The number of ether oxygens (including phenoxy) is 2. The number of methoxy groups -OCH3 is 1. The molecule has 1 aromatic heterocycles. The molecule has 0 bridgehead atoms. The average Bonchev–Trinajstić information content (AvgIpc) is 3.13. The first kappa shape index (κ1) is 17.6. The molecule has 0 spiro atoms. The molecule has 1 aromatic carbocycles. The number of benzene rings is 1. The van der Waals surface area contributed by atoms with Crippen LogP contribution in [0.2, 0.25) is 0 Å². The van der Waals surface area contributed by atoms with Gasteiger partial charge < -0.3 is 18.8 Å². The van der Waals surface area contributed by atoms with E-state index in [1.165, 1.54) is 7.11 Å². The van der Waals surface area contributed by atoms with E-state index in [2.05, 4.69) is 10.2 Å². The van der Waals surface area contributed by atoms with Crippen molar-refractivity contribution in [2.75, 3.05) is 26.9 Å². The van der Waals surface area contributed by atoms with Crippen LogP contribution in [0.5, 0.6) is 0 Å². The van der Waals surface area contributed by atoms with Crippen LogP contribution in [0.15, 0.2) is 34.7 Å². The number of amides is 1. The number of aromatic nitrogens is 2. The van der Waals surface area contributed by atoms with Crippen molar-refractivity contribution >= 4 is 5.91 Å². The topological polar surface area (TPSA) is 77.7 Å². The minimum atomic E-state index is -0.672. The fourth-order valence-corrected chi connectivity index (χ4v) is 2.84. The molecule has 1 aliphatic rings. The molecule has 1 fully saturated rings.